The molecule has 0 amide bonds. The van der Waals surface area contributed by atoms with Crippen molar-refractivity contribution < 1.29 is 9.47 Å². The zero-order valence-corrected chi connectivity index (χ0v) is 14.8. The molecule has 4 rings (SSSR count). The third-order valence-electron chi connectivity index (χ3n) is 5.60. The maximum atomic E-state index is 12.4. The van der Waals surface area contributed by atoms with Gasteiger partial charge in [0.05, 0.1) is 11.6 Å². The zero-order valence-electron chi connectivity index (χ0n) is 14.8. The van der Waals surface area contributed by atoms with Crippen molar-refractivity contribution in [2.75, 3.05) is 13.2 Å². The SMILES string of the molecule is O=c1cc(OCC2CCCCO2)[nH]c2cc(C3CCCCC3)ccc12. The predicted octanol–water partition coefficient (Wildman–Crippen LogP) is 4.52. The second kappa shape index (κ2) is 7.61. The zero-order chi connectivity index (χ0) is 17.1. The van der Waals surface area contributed by atoms with Gasteiger partial charge in [0.1, 0.15) is 6.61 Å². The van der Waals surface area contributed by atoms with Crippen LogP contribution in [0.15, 0.2) is 29.1 Å². The molecule has 4 heteroatoms. The highest BCUT2D eigenvalue weighted by Crippen LogP contribution is 2.33. The minimum atomic E-state index is 0.0171. The Labute approximate surface area is 148 Å². The number of pyridine rings is 1. The van der Waals surface area contributed by atoms with Crippen molar-refractivity contribution in [1.29, 1.82) is 0 Å². The van der Waals surface area contributed by atoms with Gasteiger partial charge in [0.25, 0.3) is 0 Å². The van der Waals surface area contributed by atoms with E-state index in [1.54, 1.807) is 6.07 Å². The fourth-order valence-corrected chi connectivity index (χ4v) is 4.13. The van der Waals surface area contributed by atoms with Gasteiger partial charge in [-0.3, -0.25) is 4.79 Å². The summed E-state index contributed by atoms with van der Waals surface area (Å²) in [5, 5.41) is 0.737. The molecule has 1 saturated heterocycles. The molecule has 2 aliphatic rings. The van der Waals surface area contributed by atoms with Crippen LogP contribution in [0.4, 0.5) is 0 Å². The summed E-state index contributed by atoms with van der Waals surface area (Å²) in [6.45, 7) is 1.32. The van der Waals surface area contributed by atoms with Gasteiger partial charge in [-0.05, 0) is 55.7 Å². The molecule has 4 nitrogen and oxygen atoms in total. The van der Waals surface area contributed by atoms with Crippen LogP contribution in [-0.4, -0.2) is 24.3 Å². The molecular formula is C21H27NO3. The molecule has 2 aromatic rings. The Hall–Kier alpha value is -1.81. The molecule has 1 atom stereocenters. The van der Waals surface area contributed by atoms with E-state index >= 15 is 0 Å². The fraction of sp³-hybridized carbons (Fsp3) is 0.571. The summed E-state index contributed by atoms with van der Waals surface area (Å²) in [4.78, 5) is 15.7. The van der Waals surface area contributed by atoms with Gasteiger partial charge in [-0.25, -0.2) is 0 Å². The second-order valence-corrected chi connectivity index (χ2v) is 7.44. The van der Waals surface area contributed by atoms with E-state index in [0.29, 0.717) is 18.4 Å². The Kier molecular flexibility index (Phi) is 5.07. The topological polar surface area (TPSA) is 51.3 Å². The molecule has 0 bridgehead atoms. The minimum absolute atomic E-state index is 0.0171. The van der Waals surface area contributed by atoms with Gasteiger partial charge in [-0.2, -0.15) is 0 Å². The van der Waals surface area contributed by atoms with Crippen LogP contribution >= 0.6 is 0 Å². The molecule has 2 heterocycles. The molecule has 0 radical (unpaired) electrons. The van der Waals surface area contributed by atoms with Crippen LogP contribution < -0.4 is 10.2 Å². The first-order valence-corrected chi connectivity index (χ1v) is 9.71. The van der Waals surface area contributed by atoms with Crippen LogP contribution in [0.25, 0.3) is 10.9 Å². The van der Waals surface area contributed by atoms with Gasteiger partial charge in [-0.1, -0.05) is 25.3 Å². The Morgan fingerprint density at radius 2 is 1.88 bits per heavy atom. The van der Waals surface area contributed by atoms with Gasteiger partial charge in [0.2, 0.25) is 0 Å². The van der Waals surface area contributed by atoms with Crippen LogP contribution in [0.5, 0.6) is 5.88 Å². The molecule has 1 aliphatic heterocycles. The molecule has 2 fully saturated rings. The number of hydrogen-bond acceptors (Lipinski definition) is 3. The van der Waals surface area contributed by atoms with Gasteiger partial charge < -0.3 is 14.5 Å². The number of ether oxygens (including phenoxy) is 2. The lowest BCUT2D eigenvalue weighted by molar-refractivity contribution is -0.0119. The number of benzene rings is 1. The molecule has 1 N–H and O–H groups in total. The van der Waals surface area contributed by atoms with E-state index in [4.69, 9.17) is 9.47 Å². The molecule has 1 saturated carbocycles. The summed E-state index contributed by atoms with van der Waals surface area (Å²) < 4.78 is 11.5. The maximum Gasteiger partial charge on any atom is 0.195 e. The quantitative estimate of drug-likeness (QED) is 0.889. The van der Waals surface area contributed by atoms with Crippen molar-refractivity contribution in [1.82, 2.24) is 4.98 Å². The van der Waals surface area contributed by atoms with Crippen LogP contribution in [-0.2, 0) is 4.74 Å². The summed E-state index contributed by atoms with van der Waals surface area (Å²) in [6, 6.07) is 7.80. The van der Waals surface area contributed by atoms with Crippen molar-refractivity contribution >= 4 is 10.9 Å². The summed E-state index contributed by atoms with van der Waals surface area (Å²) >= 11 is 0. The second-order valence-electron chi connectivity index (χ2n) is 7.44. The molecule has 0 spiro atoms. The standard InChI is InChI=1S/C21H27NO3/c23-20-13-21(25-14-17-8-4-5-11-24-17)22-19-12-16(9-10-18(19)20)15-6-2-1-3-7-15/h9-10,12-13,15,17H,1-8,11,14H2,(H,22,23). The normalized spacial score (nSPS) is 22.2. The molecular weight excluding hydrogens is 314 g/mol. The minimum Gasteiger partial charge on any atom is -0.476 e. The lowest BCUT2D eigenvalue weighted by atomic mass is 9.84. The first kappa shape index (κ1) is 16.6. The van der Waals surface area contributed by atoms with E-state index in [9.17, 15) is 4.79 Å². The molecule has 134 valence electrons. The van der Waals surface area contributed by atoms with E-state index in [1.807, 2.05) is 6.07 Å². The van der Waals surface area contributed by atoms with E-state index in [0.717, 1.165) is 30.4 Å². The van der Waals surface area contributed by atoms with Crippen LogP contribution in [0, 0.1) is 0 Å². The van der Waals surface area contributed by atoms with Crippen molar-refractivity contribution in [3.05, 3.63) is 40.1 Å². The highest BCUT2D eigenvalue weighted by molar-refractivity contribution is 5.79. The van der Waals surface area contributed by atoms with Crippen molar-refractivity contribution in [2.24, 2.45) is 0 Å². The molecule has 1 aromatic carbocycles. The van der Waals surface area contributed by atoms with E-state index < -0.39 is 0 Å². The average molecular weight is 341 g/mol. The molecule has 25 heavy (non-hydrogen) atoms. The number of nitrogens with one attached hydrogen (secondary N) is 1. The lowest BCUT2D eigenvalue weighted by Gasteiger charge is -2.23. The van der Waals surface area contributed by atoms with Gasteiger partial charge in [0, 0.05) is 18.1 Å². The molecule has 1 aromatic heterocycles. The van der Waals surface area contributed by atoms with E-state index in [-0.39, 0.29) is 11.5 Å². The lowest BCUT2D eigenvalue weighted by Crippen LogP contribution is -2.26. The molecule has 1 unspecified atom stereocenters. The van der Waals surface area contributed by atoms with Crippen molar-refractivity contribution in [3.8, 4) is 5.88 Å². The highest BCUT2D eigenvalue weighted by atomic mass is 16.5. The van der Waals surface area contributed by atoms with E-state index in [2.05, 4.69) is 17.1 Å². The van der Waals surface area contributed by atoms with Crippen LogP contribution in [0.3, 0.4) is 0 Å². The third-order valence-corrected chi connectivity index (χ3v) is 5.60. The highest BCUT2D eigenvalue weighted by Gasteiger charge is 2.17. The monoisotopic (exact) mass is 341 g/mol. The maximum absolute atomic E-state index is 12.4. The first-order chi connectivity index (χ1) is 12.3. The van der Waals surface area contributed by atoms with Gasteiger partial charge in [0.15, 0.2) is 11.3 Å². The first-order valence-electron chi connectivity index (χ1n) is 9.71. The fourth-order valence-electron chi connectivity index (χ4n) is 4.13. The van der Waals surface area contributed by atoms with Gasteiger partial charge in [-0.15, -0.1) is 0 Å². The average Bonchev–Trinajstić information content (AvgIpc) is 2.67. The van der Waals surface area contributed by atoms with Crippen LogP contribution in [0.2, 0.25) is 0 Å². The predicted molar refractivity (Wildman–Crippen MR) is 99.5 cm³/mol. The number of hydrogen-bond donors (Lipinski definition) is 1. The summed E-state index contributed by atoms with van der Waals surface area (Å²) in [7, 11) is 0. The third kappa shape index (κ3) is 3.90. The summed E-state index contributed by atoms with van der Waals surface area (Å²) in [5.41, 5.74) is 2.24. The largest absolute Gasteiger partial charge is 0.476 e. The Balaban J connectivity index is 1.54. The Bertz CT molecular complexity index is 770. The number of aromatic nitrogens is 1. The smallest absolute Gasteiger partial charge is 0.195 e. The summed E-state index contributed by atoms with van der Waals surface area (Å²) in [6.07, 6.45) is 9.97. The Morgan fingerprint density at radius 1 is 1.04 bits per heavy atom. The number of H-pyrrole nitrogens is 1. The van der Waals surface area contributed by atoms with Crippen molar-refractivity contribution in [2.45, 2.75) is 63.4 Å². The van der Waals surface area contributed by atoms with Gasteiger partial charge >= 0.3 is 0 Å². The number of rotatable bonds is 4. The van der Waals surface area contributed by atoms with Crippen LogP contribution in [0.1, 0.15) is 62.8 Å². The summed E-state index contributed by atoms with van der Waals surface area (Å²) in [5.74, 6) is 1.18. The molecule has 1 aliphatic carbocycles. The number of aromatic amines is 1. The van der Waals surface area contributed by atoms with Crippen molar-refractivity contribution in [3.63, 3.8) is 0 Å². The Morgan fingerprint density at radius 3 is 2.68 bits per heavy atom. The van der Waals surface area contributed by atoms with E-state index in [1.165, 1.54) is 44.1 Å². The number of fused-ring (bicyclic) bond motifs is 1.